The predicted octanol–water partition coefficient (Wildman–Crippen LogP) is 3.65. The molecule has 4 rings (SSSR count). The van der Waals surface area contributed by atoms with Crippen molar-refractivity contribution in [1.29, 1.82) is 0 Å². The third-order valence-corrected chi connectivity index (χ3v) is 4.73. The number of fused-ring (bicyclic) bond motifs is 3. The highest BCUT2D eigenvalue weighted by molar-refractivity contribution is 6.32. The molecule has 130 valence electrons. The maximum atomic E-state index is 13.1. The molecule has 26 heavy (non-hydrogen) atoms. The maximum absolute atomic E-state index is 13.1. The van der Waals surface area contributed by atoms with E-state index in [9.17, 15) is 14.7 Å². The van der Waals surface area contributed by atoms with Crippen LogP contribution in [0.25, 0.3) is 10.8 Å². The second-order valence-electron chi connectivity index (χ2n) is 6.25. The van der Waals surface area contributed by atoms with Gasteiger partial charge in [-0.05, 0) is 36.1 Å². The van der Waals surface area contributed by atoms with E-state index >= 15 is 0 Å². The Bertz CT molecular complexity index is 1110. The summed E-state index contributed by atoms with van der Waals surface area (Å²) in [5, 5.41) is 11.9. The largest absolute Gasteiger partial charge is 0.506 e. The van der Waals surface area contributed by atoms with E-state index in [4.69, 9.17) is 9.47 Å². The molecular weight excluding hydrogens is 332 g/mol. The summed E-state index contributed by atoms with van der Waals surface area (Å²) in [5.74, 6) is -0.238. The molecule has 0 saturated heterocycles. The Morgan fingerprint density at radius 2 is 1.58 bits per heavy atom. The van der Waals surface area contributed by atoms with Crippen molar-refractivity contribution in [3.8, 4) is 17.2 Å². The first-order valence-corrected chi connectivity index (χ1v) is 8.08. The van der Waals surface area contributed by atoms with Crippen LogP contribution < -0.4 is 9.47 Å². The minimum Gasteiger partial charge on any atom is -0.506 e. The minimum absolute atomic E-state index is 0.0124. The van der Waals surface area contributed by atoms with Gasteiger partial charge in [0.25, 0.3) is 0 Å². The third-order valence-electron chi connectivity index (χ3n) is 4.73. The number of aryl methyl sites for hydroxylation is 1. The van der Waals surface area contributed by atoms with Crippen molar-refractivity contribution in [2.75, 3.05) is 14.2 Å². The summed E-state index contributed by atoms with van der Waals surface area (Å²) in [6.07, 6.45) is 0. The molecule has 0 heterocycles. The van der Waals surface area contributed by atoms with E-state index in [2.05, 4.69) is 0 Å². The monoisotopic (exact) mass is 348 g/mol. The minimum atomic E-state index is -0.436. The van der Waals surface area contributed by atoms with Crippen LogP contribution in [0, 0.1) is 6.92 Å². The average molecular weight is 348 g/mol. The first-order valence-electron chi connectivity index (χ1n) is 8.08. The van der Waals surface area contributed by atoms with Crippen LogP contribution in [0.2, 0.25) is 0 Å². The van der Waals surface area contributed by atoms with Crippen molar-refractivity contribution in [2.24, 2.45) is 0 Å². The molecule has 0 spiro atoms. The van der Waals surface area contributed by atoms with Crippen LogP contribution in [0.5, 0.6) is 17.2 Å². The van der Waals surface area contributed by atoms with Crippen LogP contribution in [0.3, 0.4) is 0 Å². The van der Waals surface area contributed by atoms with Gasteiger partial charge in [-0.25, -0.2) is 0 Å². The number of hydrogen-bond donors (Lipinski definition) is 1. The zero-order chi connectivity index (χ0) is 18.6. The van der Waals surface area contributed by atoms with E-state index < -0.39 is 5.78 Å². The zero-order valence-electron chi connectivity index (χ0n) is 14.5. The van der Waals surface area contributed by atoms with Crippen molar-refractivity contribution in [2.45, 2.75) is 6.92 Å². The number of methoxy groups -OCH3 is 2. The Morgan fingerprint density at radius 3 is 2.27 bits per heavy atom. The Hall–Kier alpha value is -3.34. The fourth-order valence-electron chi connectivity index (χ4n) is 3.59. The highest BCUT2D eigenvalue weighted by Crippen LogP contribution is 2.43. The number of aromatic hydroxyl groups is 1. The van der Waals surface area contributed by atoms with Crippen molar-refractivity contribution in [3.63, 3.8) is 0 Å². The smallest absolute Gasteiger partial charge is 0.202 e. The summed E-state index contributed by atoms with van der Waals surface area (Å²) in [6.45, 7) is 1.89. The van der Waals surface area contributed by atoms with Crippen molar-refractivity contribution in [3.05, 3.63) is 64.2 Å². The van der Waals surface area contributed by atoms with Gasteiger partial charge in [-0.1, -0.05) is 18.2 Å². The van der Waals surface area contributed by atoms with Gasteiger partial charge in [0.05, 0.1) is 30.7 Å². The van der Waals surface area contributed by atoms with Crippen LogP contribution in [0.4, 0.5) is 0 Å². The first kappa shape index (κ1) is 16.1. The lowest BCUT2D eigenvalue weighted by molar-refractivity contribution is 0.0974. The number of phenols is 1. The van der Waals surface area contributed by atoms with E-state index in [-0.39, 0.29) is 33.8 Å². The van der Waals surface area contributed by atoms with Gasteiger partial charge in [0, 0.05) is 11.1 Å². The van der Waals surface area contributed by atoms with Gasteiger partial charge in [0.2, 0.25) is 5.78 Å². The fourth-order valence-corrected chi connectivity index (χ4v) is 3.59. The summed E-state index contributed by atoms with van der Waals surface area (Å²) >= 11 is 0. The number of ketones is 2. The molecule has 1 N–H and O–H groups in total. The molecule has 3 aromatic rings. The van der Waals surface area contributed by atoms with Crippen LogP contribution in [0.15, 0.2) is 36.4 Å². The molecule has 0 amide bonds. The lowest BCUT2D eigenvalue weighted by Crippen LogP contribution is -2.22. The van der Waals surface area contributed by atoms with Crippen LogP contribution in [0.1, 0.15) is 37.4 Å². The average Bonchev–Trinajstić information content (AvgIpc) is 2.64. The second-order valence-corrected chi connectivity index (χ2v) is 6.25. The molecule has 0 fully saturated rings. The normalized spacial score (nSPS) is 12.7. The van der Waals surface area contributed by atoms with Crippen LogP contribution >= 0.6 is 0 Å². The number of carbonyl (C=O) groups excluding carboxylic acids is 2. The molecule has 0 radical (unpaired) electrons. The molecule has 3 aromatic carbocycles. The topological polar surface area (TPSA) is 72.8 Å². The molecule has 0 unspecified atom stereocenters. The predicted molar refractivity (Wildman–Crippen MR) is 96.8 cm³/mol. The van der Waals surface area contributed by atoms with Gasteiger partial charge in [-0.15, -0.1) is 0 Å². The molecule has 0 atom stereocenters. The van der Waals surface area contributed by atoms with E-state index in [1.807, 2.05) is 13.0 Å². The van der Waals surface area contributed by atoms with E-state index in [1.54, 1.807) is 30.3 Å². The van der Waals surface area contributed by atoms with E-state index in [0.717, 1.165) is 5.56 Å². The number of benzene rings is 3. The molecule has 0 aliphatic heterocycles. The molecule has 1 aliphatic carbocycles. The highest BCUT2D eigenvalue weighted by Gasteiger charge is 2.35. The Morgan fingerprint density at radius 1 is 0.846 bits per heavy atom. The summed E-state index contributed by atoms with van der Waals surface area (Å²) in [5.41, 5.74) is 1.55. The zero-order valence-corrected chi connectivity index (χ0v) is 14.5. The second kappa shape index (κ2) is 5.59. The number of phenolic OH excluding ortho intramolecular Hbond substituents is 1. The number of rotatable bonds is 2. The number of ether oxygens (including phenoxy) is 2. The van der Waals surface area contributed by atoms with E-state index in [1.165, 1.54) is 14.2 Å². The van der Waals surface area contributed by atoms with Crippen molar-refractivity contribution < 1.29 is 24.2 Å². The Kier molecular flexibility index (Phi) is 3.47. The van der Waals surface area contributed by atoms with Gasteiger partial charge in [0.15, 0.2) is 5.78 Å². The van der Waals surface area contributed by atoms with Crippen LogP contribution in [-0.2, 0) is 0 Å². The number of carbonyl (C=O) groups is 2. The molecule has 1 aliphatic rings. The van der Waals surface area contributed by atoms with Gasteiger partial charge in [-0.2, -0.15) is 0 Å². The Labute approximate surface area is 149 Å². The third kappa shape index (κ3) is 2.03. The maximum Gasteiger partial charge on any atom is 0.202 e. The van der Waals surface area contributed by atoms with Gasteiger partial charge >= 0.3 is 0 Å². The van der Waals surface area contributed by atoms with Gasteiger partial charge in [-0.3, -0.25) is 9.59 Å². The SMILES string of the molecule is COc1cccc2c1C(=O)c1c(cc3cc(C)cc(OC)c3c1O)C2=O. The van der Waals surface area contributed by atoms with Gasteiger partial charge < -0.3 is 14.6 Å². The van der Waals surface area contributed by atoms with Crippen molar-refractivity contribution >= 4 is 22.3 Å². The lowest BCUT2D eigenvalue weighted by atomic mass is 9.81. The summed E-state index contributed by atoms with van der Waals surface area (Å²) < 4.78 is 10.6. The summed E-state index contributed by atoms with van der Waals surface area (Å²) in [4.78, 5) is 26.1. The molecular formula is C21H16O5. The molecule has 5 heteroatoms. The van der Waals surface area contributed by atoms with Crippen molar-refractivity contribution in [1.82, 2.24) is 0 Å². The molecule has 0 saturated carbocycles. The standard InChI is InChI=1S/C21H16O5/c1-10-7-11-9-13-18(20(23)16(11)15(8-10)26-3)21(24)17-12(19(13)22)5-4-6-14(17)25-2/h4-9,23H,1-3H3. The summed E-state index contributed by atoms with van der Waals surface area (Å²) in [7, 11) is 2.94. The number of hydrogen-bond acceptors (Lipinski definition) is 5. The summed E-state index contributed by atoms with van der Waals surface area (Å²) in [6, 6.07) is 10.1. The van der Waals surface area contributed by atoms with Gasteiger partial charge in [0.1, 0.15) is 17.2 Å². The lowest BCUT2D eigenvalue weighted by Gasteiger charge is -2.22. The Balaban J connectivity index is 2.12. The van der Waals surface area contributed by atoms with E-state index in [0.29, 0.717) is 22.3 Å². The molecule has 0 aromatic heterocycles. The highest BCUT2D eigenvalue weighted by atomic mass is 16.5. The first-order chi connectivity index (χ1) is 12.5. The van der Waals surface area contributed by atoms with Crippen LogP contribution in [-0.4, -0.2) is 30.9 Å². The molecule has 5 nitrogen and oxygen atoms in total. The quantitative estimate of drug-likeness (QED) is 0.599. The fraction of sp³-hybridized carbons (Fsp3) is 0.143. The molecule has 0 bridgehead atoms.